The lowest BCUT2D eigenvalue weighted by atomic mass is 10.4. The maximum absolute atomic E-state index is 11.7. The van der Waals surface area contributed by atoms with Gasteiger partial charge in [-0.15, -0.1) is 0 Å². The highest BCUT2D eigenvalue weighted by molar-refractivity contribution is 7.89. The molecule has 0 atom stereocenters. The molecule has 0 bridgehead atoms. The lowest BCUT2D eigenvalue weighted by molar-refractivity contribution is 0.569. The third-order valence-electron chi connectivity index (χ3n) is 1.65. The first-order valence-corrected chi connectivity index (χ1v) is 5.84. The van der Waals surface area contributed by atoms with Crippen LogP contribution in [-0.2, 0) is 17.1 Å². The van der Waals surface area contributed by atoms with Gasteiger partial charge in [-0.3, -0.25) is 4.68 Å². The van der Waals surface area contributed by atoms with Crippen molar-refractivity contribution in [3.8, 4) is 0 Å². The molecule has 1 heterocycles. The van der Waals surface area contributed by atoms with Crippen LogP contribution in [0.2, 0.25) is 0 Å². The fourth-order valence-electron chi connectivity index (χ4n) is 1.22. The van der Waals surface area contributed by atoms with Crippen molar-refractivity contribution in [1.82, 2.24) is 14.5 Å². The third-order valence-corrected chi connectivity index (χ3v) is 3.41. The first kappa shape index (κ1) is 11.2. The van der Waals surface area contributed by atoms with Gasteiger partial charge in [0.25, 0.3) is 0 Å². The SMILES string of the molecule is Cc1nn(C)cc1S(=O)(=O)NC(C)C. The van der Waals surface area contributed by atoms with E-state index < -0.39 is 10.0 Å². The lowest BCUT2D eigenvalue weighted by Crippen LogP contribution is -2.30. The maximum Gasteiger partial charge on any atom is 0.244 e. The molecule has 5 nitrogen and oxygen atoms in total. The Hall–Kier alpha value is -0.880. The Kier molecular flexibility index (Phi) is 2.96. The third kappa shape index (κ3) is 2.33. The Balaban J connectivity index is 3.10. The van der Waals surface area contributed by atoms with Gasteiger partial charge < -0.3 is 0 Å². The van der Waals surface area contributed by atoms with Gasteiger partial charge in [0, 0.05) is 19.3 Å². The number of aromatic nitrogens is 2. The number of rotatable bonds is 3. The zero-order chi connectivity index (χ0) is 10.9. The molecule has 1 N–H and O–H groups in total. The maximum atomic E-state index is 11.7. The van der Waals surface area contributed by atoms with E-state index in [4.69, 9.17) is 0 Å². The summed E-state index contributed by atoms with van der Waals surface area (Å²) in [6, 6.07) is -0.111. The van der Waals surface area contributed by atoms with E-state index in [9.17, 15) is 8.42 Å². The van der Waals surface area contributed by atoms with Crippen LogP contribution in [0.15, 0.2) is 11.1 Å². The van der Waals surface area contributed by atoms with E-state index >= 15 is 0 Å². The first-order valence-electron chi connectivity index (χ1n) is 4.35. The molecule has 6 heteroatoms. The van der Waals surface area contributed by atoms with E-state index in [1.165, 1.54) is 10.9 Å². The van der Waals surface area contributed by atoms with Crippen LogP contribution in [-0.4, -0.2) is 24.2 Å². The number of hydrogen-bond acceptors (Lipinski definition) is 3. The second-order valence-electron chi connectivity index (χ2n) is 3.53. The van der Waals surface area contributed by atoms with E-state index in [-0.39, 0.29) is 10.9 Å². The minimum absolute atomic E-state index is 0.111. The number of aryl methyl sites for hydroxylation is 2. The van der Waals surface area contributed by atoms with Crippen molar-refractivity contribution in [2.24, 2.45) is 7.05 Å². The second-order valence-corrected chi connectivity index (χ2v) is 5.21. The summed E-state index contributed by atoms with van der Waals surface area (Å²) in [5.74, 6) is 0. The van der Waals surface area contributed by atoms with Gasteiger partial charge in [0.05, 0.1) is 5.69 Å². The molecule has 0 aromatic carbocycles. The van der Waals surface area contributed by atoms with Gasteiger partial charge in [-0.2, -0.15) is 5.10 Å². The van der Waals surface area contributed by atoms with Gasteiger partial charge in [0.15, 0.2) is 0 Å². The number of sulfonamides is 1. The molecule has 14 heavy (non-hydrogen) atoms. The predicted octanol–water partition coefficient (Wildman–Crippen LogP) is 0.415. The molecule has 1 aromatic heterocycles. The molecule has 0 fully saturated rings. The van der Waals surface area contributed by atoms with Crippen LogP contribution in [0.1, 0.15) is 19.5 Å². The summed E-state index contributed by atoms with van der Waals surface area (Å²) in [6.45, 7) is 5.24. The van der Waals surface area contributed by atoms with E-state index in [2.05, 4.69) is 9.82 Å². The molecule has 1 aromatic rings. The predicted molar refractivity (Wildman–Crippen MR) is 53.4 cm³/mol. The van der Waals surface area contributed by atoms with Crippen LogP contribution in [0.4, 0.5) is 0 Å². The molecule has 0 amide bonds. The summed E-state index contributed by atoms with van der Waals surface area (Å²) in [7, 11) is -1.71. The Morgan fingerprint density at radius 3 is 2.43 bits per heavy atom. The summed E-state index contributed by atoms with van der Waals surface area (Å²) >= 11 is 0. The quantitative estimate of drug-likeness (QED) is 0.798. The van der Waals surface area contributed by atoms with Gasteiger partial charge in [-0.25, -0.2) is 13.1 Å². The summed E-state index contributed by atoms with van der Waals surface area (Å²) in [6.07, 6.45) is 1.50. The molecule has 0 radical (unpaired) electrons. The highest BCUT2D eigenvalue weighted by atomic mass is 32.2. The largest absolute Gasteiger partial charge is 0.274 e. The van der Waals surface area contributed by atoms with Crippen molar-refractivity contribution in [3.05, 3.63) is 11.9 Å². The Labute approximate surface area is 84.2 Å². The van der Waals surface area contributed by atoms with Crippen LogP contribution in [0.5, 0.6) is 0 Å². The Bertz CT molecular complexity index is 420. The Morgan fingerprint density at radius 1 is 1.50 bits per heavy atom. The lowest BCUT2D eigenvalue weighted by Gasteiger charge is -2.07. The van der Waals surface area contributed by atoms with Gasteiger partial charge in [0.1, 0.15) is 4.90 Å². The molecule has 1 rings (SSSR count). The van der Waals surface area contributed by atoms with E-state index in [1.54, 1.807) is 27.8 Å². The fourth-order valence-corrected chi connectivity index (χ4v) is 2.68. The molecule has 80 valence electrons. The molecule has 0 aliphatic carbocycles. The van der Waals surface area contributed by atoms with E-state index in [0.29, 0.717) is 5.69 Å². The summed E-state index contributed by atoms with van der Waals surface area (Å²) in [5, 5.41) is 3.98. The summed E-state index contributed by atoms with van der Waals surface area (Å²) < 4.78 is 27.4. The summed E-state index contributed by atoms with van der Waals surface area (Å²) in [5.41, 5.74) is 0.514. The van der Waals surface area contributed by atoms with Gasteiger partial charge in [0.2, 0.25) is 10.0 Å². The normalized spacial score (nSPS) is 12.4. The van der Waals surface area contributed by atoms with Gasteiger partial charge in [-0.05, 0) is 20.8 Å². The van der Waals surface area contributed by atoms with E-state index in [0.717, 1.165) is 0 Å². The zero-order valence-electron chi connectivity index (χ0n) is 8.77. The van der Waals surface area contributed by atoms with Gasteiger partial charge in [-0.1, -0.05) is 0 Å². The monoisotopic (exact) mass is 217 g/mol. The zero-order valence-corrected chi connectivity index (χ0v) is 9.59. The molecule has 0 saturated carbocycles. The molecular formula is C8H15N3O2S. The number of hydrogen-bond donors (Lipinski definition) is 1. The van der Waals surface area contributed by atoms with Crippen LogP contribution in [0.25, 0.3) is 0 Å². The highest BCUT2D eigenvalue weighted by Gasteiger charge is 2.20. The first-order chi connectivity index (χ1) is 6.33. The van der Waals surface area contributed by atoms with Gasteiger partial charge >= 0.3 is 0 Å². The number of nitrogens with one attached hydrogen (secondary N) is 1. The molecule has 0 aliphatic heterocycles. The topological polar surface area (TPSA) is 64.0 Å². The van der Waals surface area contributed by atoms with Crippen LogP contribution in [0.3, 0.4) is 0 Å². The summed E-state index contributed by atoms with van der Waals surface area (Å²) in [4.78, 5) is 0.244. The van der Waals surface area contributed by atoms with Crippen molar-refractivity contribution in [3.63, 3.8) is 0 Å². The smallest absolute Gasteiger partial charge is 0.244 e. The standard InChI is InChI=1S/C8H15N3O2S/c1-6(2)10-14(12,13)8-5-11(4)9-7(8)3/h5-6,10H,1-4H3. The molecule has 0 aliphatic rings. The Morgan fingerprint density at radius 2 is 2.07 bits per heavy atom. The minimum Gasteiger partial charge on any atom is -0.274 e. The molecule has 0 saturated heterocycles. The molecule has 0 spiro atoms. The molecule has 0 unspecified atom stereocenters. The highest BCUT2D eigenvalue weighted by Crippen LogP contribution is 2.12. The minimum atomic E-state index is -3.40. The van der Waals surface area contributed by atoms with Crippen molar-refractivity contribution in [2.45, 2.75) is 31.7 Å². The van der Waals surface area contributed by atoms with Crippen LogP contribution in [0, 0.1) is 6.92 Å². The molecular weight excluding hydrogens is 202 g/mol. The van der Waals surface area contributed by atoms with Crippen LogP contribution < -0.4 is 4.72 Å². The fraction of sp³-hybridized carbons (Fsp3) is 0.625. The van der Waals surface area contributed by atoms with Crippen molar-refractivity contribution < 1.29 is 8.42 Å². The number of nitrogens with zero attached hydrogens (tertiary/aromatic N) is 2. The average Bonchev–Trinajstić information content (AvgIpc) is 2.27. The second kappa shape index (κ2) is 3.70. The van der Waals surface area contributed by atoms with E-state index in [1.807, 2.05) is 0 Å². The van der Waals surface area contributed by atoms with Crippen LogP contribution >= 0.6 is 0 Å². The average molecular weight is 217 g/mol. The van der Waals surface area contributed by atoms with Crippen molar-refractivity contribution in [2.75, 3.05) is 0 Å². The van der Waals surface area contributed by atoms with Crippen molar-refractivity contribution >= 4 is 10.0 Å². The van der Waals surface area contributed by atoms with Crippen molar-refractivity contribution in [1.29, 1.82) is 0 Å².